The molecule has 1 aliphatic carbocycles. The number of rotatable bonds is 6. The van der Waals surface area contributed by atoms with Crippen LogP contribution in [0.4, 0.5) is 0 Å². The van der Waals surface area contributed by atoms with Gasteiger partial charge in [-0.2, -0.15) is 0 Å². The Bertz CT molecular complexity index is 535. The van der Waals surface area contributed by atoms with Crippen LogP contribution in [0.2, 0.25) is 0 Å². The van der Waals surface area contributed by atoms with Gasteiger partial charge in [0.2, 0.25) is 5.91 Å². The number of nitrogens with zero attached hydrogens (tertiary/aromatic N) is 1. The second-order valence-corrected chi connectivity index (χ2v) is 6.87. The van der Waals surface area contributed by atoms with E-state index < -0.39 is 6.04 Å². The molecule has 0 saturated heterocycles. The molecule has 116 valence electrons. The third-order valence-electron chi connectivity index (χ3n) is 3.56. The minimum atomic E-state index is -0.496. The van der Waals surface area contributed by atoms with Gasteiger partial charge in [-0.3, -0.25) is 9.59 Å². The molecule has 2 rings (SSSR count). The van der Waals surface area contributed by atoms with Crippen molar-refractivity contribution in [2.45, 2.75) is 45.2 Å². The Balaban J connectivity index is 2.13. The molecular formula is C15H22BrN3O2. The van der Waals surface area contributed by atoms with Crippen LogP contribution in [-0.2, 0) is 4.79 Å². The molecule has 0 aliphatic heterocycles. The van der Waals surface area contributed by atoms with E-state index in [-0.39, 0.29) is 11.8 Å². The highest BCUT2D eigenvalue weighted by atomic mass is 79.9. The van der Waals surface area contributed by atoms with Crippen molar-refractivity contribution >= 4 is 27.7 Å². The molecule has 1 atom stereocenters. The van der Waals surface area contributed by atoms with Crippen molar-refractivity contribution < 1.29 is 9.59 Å². The summed E-state index contributed by atoms with van der Waals surface area (Å²) >= 11 is 3.42. The molecule has 5 nitrogen and oxygen atoms in total. The molecule has 21 heavy (non-hydrogen) atoms. The third kappa shape index (κ3) is 4.09. The van der Waals surface area contributed by atoms with Crippen molar-refractivity contribution in [2.75, 3.05) is 7.05 Å². The first-order chi connectivity index (χ1) is 9.92. The molecule has 1 fully saturated rings. The predicted molar refractivity (Wildman–Crippen MR) is 85.2 cm³/mol. The van der Waals surface area contributed by atoms with Gasteiger partial charge in [0.1, 0.15) is 11.7 Å². The van der Waals surface area contributed by atoms with E-state index in [9.17, 15) is 9.59 Å². The Morgan fingerprint density at radius 2 is 2.10 bits per heavy atom. The Morgan fingerprint density at radius 3 is 2.62 bits per heavy atom. The van der Waals surface area contributed by atoms with Crippen molar-refractivity contribution in [1.82, 2.24) is 15.2 Å². The van der Waals surface area contributed by atoms with E-state index in [0.29, 0.717) is 24.1 Å². The lowest BCUT2D eigenvalue weighted by molar-refractivity contribution is -0.122. The maximum absolute atomic E-state index is 12.5. The highest BCUT2D eigenvalue weighted by Crippen LogP contribution is 2.37. The predicted octanol–water partition coefficient (Wildman–Crippen LogP) is 2.48. The lowest BCUT2D eigenvalue weighted by atomic mass is 10.0. The van der Waals surface area contributed by atoms with Gasteiger partial charge >= 0.3 is 0 Å². The van der Waals surface area contributed by atoms with Crippen LogP contribution in [0.5, 0.6) is 0 Å². The van der Waals surface area contributed by atoms with Crippen LogP contribution in [0.25, 0.3) is 0 Å². The van der Waals surface area contributed by atoms with Gasteiger partial charge in [-0.15, -0.1) is 0 Å². The molecule has 0 aromatic carbocycles. The van der Waals surface area contributed by atoms with Crippen molar-refractivity contribution in [1.29, 1.82) is 0 Å². The normalized spacial score (nSPS) is 15.9. The first-order valence-corrected chi connectivity index (χ1v) is 8.11. The molecule has 0 bridgehead atoms. The lowest BCUT2D eigenvalue weighted by Gasteiger charge is -2.19. The van der Waals surface area contributed by atoms with Gasteiger partial charge in [-0.1, -0.05) is 13.8 Å². The van der Waals surface area contributed by atoms with E-state index in [4.69, 9.17) is 0 Å². The molecule has 1 saturated carbocycles. The molecule has 6 heteroatoms. The highest BCUT2D eigenvalue weighted by Gasteiger charge is 2.29. The number of amides is 2. The summed E-state index contributed by atoms with van der Waals surface area (Å²) in [5.74, 6) is -0.0166. The molecule has 0 spiro atoms. The van der Waals surface area contributed by atoms with Crippen LogP contribution in [0.15, 0.2) is 16.7 Å². The fourth-order valence-corrected chi connectivity index (χ4v) is 2.83. The number of aromatic nitrogens is 1. The van der Waals surface area contributed by atoms with E-state index in [1.807, 2.05) is 30.7 Å². The van der Waals surface area contributed by atoms with Crippen LogP contribution >= 0.6 is 15.9 Å². The van der Waals surface area contributed by atoms with Crippen LogP contribution < -0.4 is 10.6 Å². The zero-order valence-corrected chi connectivity index (χ0v) is 14.2. The zero-order valence-electron chi connectivity index (χ0n) is 12.6. The first kappa shape index (κ1) is 16.1. The average Bonchev–Trinajstić information content (AvgIpc) is 3.19. The maximum Gasteiger partial charge on any atom is 0.268 e. The summed E-state index contributed by atoms with van der Waals surface area (Å²) in [6.07, 6.45) is 4.76. The SMILES string of the molecule is CNC(=O)C(CC(C)C)NC(=O)c1cc(Br)cn1C1CC1. The minimum Gasteiger partial charge on any atom is -0.357 e. The summed E-state index contributed by atoms with van der Waals surface area (Å²) in [6.45, 7) is 4.07. The molecule has 2 N–H and O–H groups in total. The highest BCUT2D eigenvalue weighted by molar-refractivity contribution is 9.10. The Morgan fingerprint density at radius 1 is 1.43 bits per heavy atom. The van der Waals surface area contributed by atoms with Crippen LogP contribution in [0.1, 0.15) is 49.6 Å². The quantitative estimate of drug-likeness (QED) is 0.823. The molecule has 2 amide bonds. The minimum absolute atomic E-state index is 0.152. The van der Waals surface area contributed by atoms with Crippen LogP contribution in [0.3, 0.4) is 0 Å². The van der Waals surface area contributed by atoms with Gasteiger partial charge in [-0.05, 0) is 47.2 Å². The summed E-state index contributed by atoms with van der Waals surface area (Å²) < 4.78 is 2.88. The number of likely N-dealkylation sites (N-methyl/N-ethyl adjacent to an activating group) is 1. The Kier molecular flexibility index (Phi) is 5.08. The number of halogens is 1. The summed E-state index contributed by atoms with van der Waals surface area (Å²) in [6, 6.07) is 1.73. The zero-order chi connectivity index (χ0) is 15.6. The largest absolute Gasteiger partial charge is 0.357 e. The molecule has 0 radical (unpaired) electrons. The Labute approximate surface area is 133 Å². The van der Waals surface area contributed by atoms with Gasteiger partial charge in [0, 0.05) is 23.8 Å². The fourth-order valence-electron chi connectivity index (χ4n) is 2.39. The summed E-state index contributed by atoms with van der Waals surface area (Å²) in [4.78, 5) is 24.4. The van der Waals surface area contributed by atoms with E-state index >= 15 is 0 Å². The second-order valence-electron chi connectivity index (χ2n) is 5.95. The fraction of sp³-hybridized carbons (Fsp3) is 0.600. The molecule has 1 aromatic rings. The smallest absolute Gasteiger partial charge is 0.268 e. The molecule has 1 aromatic heterocycles. The summed E-state index contributed by atoms with van der Waals surface area (Å²) in [5.41, 5.74) is 0.613. The van der Waals surface area contributed by atoms with Crippen molar-refractivity contribution in [2.24, 2.45) is 5.92 Å². The van der Waals surface area contributed by atoms with Crippen molar-refractivity contribution in [3.8, 4) is 0 Å². The van der Waals surface area contributed by atoms with E-state index in [1.54, 1.807) is 7.05 Å². The number of carbonyl (C=O) groups excluding carboxylic acids is 2. The van der Waals surface area contributed by atoms with Gasteiger partial charge in [0.15, 0.2) is 0 Å². The van der Waals surface area contributed by atoms with Gasteiger partial charge in [0.25, 0.3) is 5.91 Å². The standard InChI is InChI=1S/C15H22BrN3O2/c1-9(2)6-12(14(20)17-3)18-15(21)13-7-10(16)8-19(13)11-4-5-11/h7-9,11-12H,4-6H2,1-3H3,(H,17,20)(H,18,21). The van der Waals surface area contributed by atoms with Crippen LogP contribution in [0, 0.1) is 5.92 Å². The number of carbonyl (C=O) groups is 2. The summed E-state index contributed by atoms with van der Waals surface area (Å²) in [7, 11) is 1.59. The third-order valence-corrected chi connectivity index (χ3v) is 4.00. The summed E-state index contributed by atoms with van der Waals surface area (Å²) in [5, 5.41) is 5.47. The van der Waals surface area contributed by atoms with E-state index in [2.05, 4.69) is 26.6 Å². The van der Waals surface area contributed by atoms with Gasteiger partial charge in [0.05, 0.1) is 0 Å². The second kappa shape index (κ2) is 6.64. The molecular weight excluding hydrogens is 334 g/mol. The van der Waals surface area contributed by atoms with E-state index in [1.165, 1.54) is 0 Å². The molecule has 1 unspecified atom stereocenters. The van der Waals surface area contributed by atoms with Gasteiger partial charge in [-0.25, -0.2) is 0 Å². The van der Waals surface area contributed by atoms with Crippen molar-refractivity contribution in [3.63, 3.8) is 0 Å². The van der Waals surface area contributed by atoms with E-state index in [0.717, 1.165) is 17.3 Å². The van der Waals surface area contributed by atoms with Gasteiger partial charge < -0.3 is 15.2 Å². The van der Waals surface area contributed by atoms with Crippen LogP contribution in [-0.4, -0.2) is 29.5 Å². The Hall–Kier alpha value is -1.30. The topological polar surface area (TPSA) is 63.1 Å². The average molecular weight is 356 g/mol. The molecule has 1 aliphatic rings. The monoisotopic (exact) mass is 355 g/mol. The lowest BCUT2D eigenvalue weighted by Crippen LogP contribution is -2.46. The number of hydrogen-bond donors (Lipinski definition) is 2. The maximum atomic E-state index is 12.5. The van der Waals surface area contributed by atoms with Crippen molar-refractivity contribution in [3.05, 3.63) is 22.4 Å². The molecule has 1 heterocycles. The number of nitrogens with one attached hydrogen (secondary N) is 2. The first-order valence-electron chi connectivity index (χ1n) is 7.32. The number of hydrogen-bond acceptors (Lipinski definition) is 2.